The summed E-state index contributed by atoms with van der Waals surface area (Å²) < 4.78 is 2.46. The highest BCUT2D eigenvalue weighted by Gasteiger charge is 2.13. The van der Waals surface area contributed by atoms with Crippen molar-refractivity contribution in [2.24, 2.45) is 5.92 Å². The molecule has 132 valence electrons. The normalized spacial score (nSPS) is 11.8. The second-order valence-electron chi connectivity index (χ2n) is 7.64. The van der Waals surface area contributed by atoms with Crippen molar-refractivity contribution in [3.05, 3.63) is 78.9 Å². The van der Waals surface area contributed by atoms with Crippen molar-refractivity contribution in [3.8, 4) is 11.3 Å². The van der Waals surface area contributed by atoms with Gasteiger partial charge in [-0.3, -0.25) is 0 Å². The molecule has 0 aliphatic heterocycles. The molecule has 0 unspecified atom stereocenters. The Bertz CT molecular complexity index is 1280. The third kappa shape index (κ3) is 2.69. The van der Waals surface area contributed by atoms with Crippen LogP contribution in [0.1, 0.15) is 13.8 Å². The topological polar surface area (TPSA) is 17.8 Å². The van der Waals surface area contributed by atoms with Crippen LogP contribution in [0.4, 0.5) is 0 Å². The predicted octanol–water partition coefficient (Wildman–Crippen LogP) is 6.67. The number of hydrogen-bond donors (Lipinski definition) is 0. The summed E-state index contributed by atoms with van der Waals surface area (Å²) in [5.41, 5.74) is 5.83. The molecule has 0 N–H and O–H groups in total. The van der Waals surface area contributed by atoms with Gasteiger partial charge in [-0.2, -0.15) is 0 Å². The summed E-state index contributed by atoms with van der Waals surface area (Å²) in [5.74, 6) is 0.589. The Balaban J connectivity index is 1.75. The molecule has 2 heteroatoms. The minimum absolute atomic E-state index is 0.589. The Morgan fingerprint density at radius 2 is 1.56 bits per heavy atom. The number of fused-ring (bicyclic) bond motifs is 4. The SMILES string of the molecule is CC(C)Cn1c2ccccc2c2ccc(-c3ccc4ccccc4n3)cc21. The molecule has 27 heavy (non-hydrogen) atoms. The van der Waals surface area contributed by atoms with E-state index in [1.807, 2.05) is 6.07 Å². The number of benzene rings is 3. The summed E-state index contributed by atoms with van der Waals surface area (Å²) >= 11 is 0. The van der Waals surface area contributed by atoms with Gasteiger partial charge in [-0.15, -0.1) is 0 Å². The van der Waals surface area contributed by atoms with Crippen LogP contribution >= 0.6 is 0 Å². The summed E-state index contributed by atoms with van der Waals surface area (Å²) in [6.45, 7) is 5.56. The standard InChI is InChI=1S/C25H22N2/c1-17(2)16-27-24-10-6-4-8-20(24)21-13-11-19(15-25(21)27)23-14-12-18-7-3-5-9-22(18)26-23/h3-15,17H,16H2,1-2H3. The maximum atomic E-state index is 4.89. The molecule has 0 bridgehead atoms. The molecule has 2 nitrogen and oxygen atoms in total. The molecule has 0 saturated heterocycles. The van der Waals surface area contributed by atoms with Gasteiger partial charge in [0.05, 0.1) is 11.2 Å². The van der Waals surface area contributed by atoms with E-state index < -0.39 is 0 Å². The molecule has 2 heterocycles. The van der Waals surface area contributed by atoms with Gasteiger partial charge in [0, 0.05) is 39.3 Å². The van der Waals surface area contributed by atoms with Crippen LogP contribution in [0.5, 0.6) is 0 Å². The fourth-order valence-corrected chi connectivity index (χ4v) is 4.00. The fraction of sp³-hybridized carbons (Fsp3) is 0.160. The van der Waals surface area contributed by atoms with Gasteiger partial charge < -0.3 is 4.57 Å². The number of para-hydroxylation sites is 2. The van der Waals surface area contributed by atoms with E-state index in [0.717, 1.165) is 17.8 Å². The van der Waals surface area contributed by atoms with Crippen LogP contribution < -0.4 is 0 Å². The van der Waals surface area contributed by atoms with Crippen LogP contribution in [-0.4, -0.2) is 9.55 Å². The lowest BCUT2D eigenvalue weighted by Crippen LogP contribution is -2.03. The largest absolute Gasteiger partial charge is 0.340 e. The molecule has 0 aliphatic rings. The Morgan fingerprint density at radius 3 is 2.44 bits per heavy atom. The fourth-order valence-electron chi connectivity index (χ4n) is 4.00. The first-order valence-corrected chi connectivity index (χ1v) is 9.58. The number of rotatable bonds is 3. The molecular formula is C25H22N2. The molecular weight excluding hydrogens is 328 g/mol. The van der Waals surface area contributed by atoms with E-state index in [2.05, 4.69) is 91.2 Å². The second kappa shape index (κ2) is 6.24. The van der Waals surface area contributed by atoms with Crippen LogP contribution in [0.15, 0.2) is 78.9 Å². The molecule has 5 aromatic rings. The van der Waals surface area contributed by atoms with E-state index in [4.69, 9.17) is 4.98 Å². The molecule has 3 aromatic carbocycles. The Labute approximate surface area is 159 Å². The molecule has 0 atom stereocenters. The van der Waals surface area contributed by atoms with Crippen molar-refractivity contribution in [2.45, 2.75) is 20.4 Å². The van der Waals surface area contributed by atoms with Gasteiger partial charge in [0.1, 0.15) is 0 Å². The zero-order chi connectivity index (χ0) is 18.4. The summed E-state index contributed by atoms with van der Waals surface area (Å²) in [4.78, 5) is 4.89. The Morgan fingerprint density at radius 1 is 0.778 bits per heavy atom. The predicted molar refractivity (Wildman–Crippen MR) is 115 cm³/mol. The van der Waals surface area contributed by atoms with Crippen LogP contribution in [0.3, 0.4) is 0 Å². The number of aromatic nitrogens is 2. The van der Waals surface area contributed by atoms with Gasteiger partial charge in [0.25, 0.3) is 0 Å². The van der Waals surface area contributed by atoms with E-state index in [0.29, 0.717) is 5.92 Å². The average Bonchev–Trinajstić information content (AvgIpc) is 3.00. The smallest absolute Gasteiger partial charge is 0.0710 e. The average molecular weight is 350 g/mol. The van der Waals surface area contributed by atoms with E-state index in [-0.39, 0.29) is 0 Å². The highest BCUT2D eigenvalue weighted by molar-refractivity contribution is 6.09. The third-order valence-electron chi connectivity index (χ3n) is 5.22. The van der Waals surface area contributed by atoms with Crippen molar-refractivity contribution in [1.82, 2.24) is 9.55 Å². The molecule has 2 aromatic heterocycles. The zero-order valence-electron chi connectivity index (χ0n) is 15.7. The zero-order valence-corrected chi connectivity index (χ0v) is 15.7. The van der Waals surface area contributed by atoms with E-state index in [1.165, 1.54) is 32.8 Å². The number of nitrogens with zero attached hydrogens (tertiary/aromatic N) is 2. The van der Waals surface area contributed by atoms with Gasteiger partial charge in [0.15, 0.2) is 0 Å². The van der Waals surface area contributed by atoms with Crippen LogP contribution in [0.2, 0.25) is 0 Å². The number of hydrogen-bond acceptors (Lipinski definition) is 1. The molecule has 0 aliphatic carbocycles. The lowest BCUT2D eigenvalue weighted by molar-refractivity contribution is 0.545. The molecule has 0 fully saturated rings. The first-order chi connectivity index (χ1) is 13.2. The minimum Gasteiger partial charge on any atom is -0.340 e. The lowest BCUT2D eigenvalue weighted by atomic mass is 10.1. The quantitative estimate of drug-likeness (QED) is 0.355. The third-order valence-corrected chi connectivity index (χ3v) is 5.22. The van der Waals surface area contributed by atoms with Gasteiger partial charge in [-0.25, -0.2) is 4.98 Å². The highest BCUT2D eigenvalue weighted by atomic mass is 15.0. The van der Waals surface area contributed by atoms with Crippen molar-refractivity contribution in [1.29, 1.82) is 0 Å². The summed E-state index contributed by atoms with van der Waals surface area (Å²) in [5, 5.41) is 3.82. The van der Waals surface area contributed by atoms with Gasteiger partial charge in [-0.1, -0.05) is 68.4 Å². The van der Waals surface area contributed by atoms with E-state index in [9.17, 15) is 0 Å². The molecule has 0 saturated carbocycles. The lowest BCUT2D eigenvalue weighted by Gasteiger charge is -2.11. The minimum atomic E-state index is 0.589. The maximum Gasteiger partial charge on any atom is 0.0710 e. The molecule has 0 radical (unpaired) electrons. The van der Waals surface area contributed by atoms with E-state index >= 15 is 0 Å². The summed E-state index contributed by atoms with van der Waals surface area (Å²) in [7, 11) is 0. The highest BCUT2D eigenvalue weighted by Crippen LogP contribution is 2.33. The van der Waals surface area contributed by atoms with Crippen molar-refractivity contribution in [3.63, 3.8) is 0 Å². The van der Waals surface area contributed by atoms with Crippen LogP contribution in [0, 0.1) is 5.92 Å². The summed E-state index contributed by atoms with van der Waals surface area (Å²) in [6.07, 6.45) is 0. The number of pyridine rings is 1. The second-order valence-corrected chi connectivity index (χ2v) is 7.64. The summed E-state index contributed by atoms with van der Waals surface area (Å²) in [6, 6.07) is 28.0. The van der Waals surface area contributed by atoms with Gasteiger partial charge >= 0.3 is 0 Å². The molecule has 5 rings (SSSR count). The monoisotopic (exact) mass is 350 g/mol. The molecule has 0 amide bonds. The Hall–Kier alpha value is -3.13. The van der Waals surface area contributed by atoms with Crippen molar-refractivity contribution >= 4 is 32.7 Å². The van der Waals surface area contributed by atoms with Gasteiger partial charge in [0.2, 0.25) is 0 Å². The van der Waals surface area contributed by atoms with Crippen LogP contribution in [-0.2, 0) is 6.54 Å². The Kier molecular flexibility index (Phi) is 3.71. The molecule has 0 spiro atoms. The van der Waals surface area contributed by atoms with Crippen molar-refractivity contribution in [2.75, 3.05) is 0 Å². The van der Waals surface area contributed by atoms with Gasteiger partial charge in [-0.05, 0) is 30.2 Å². The first-order valence-electron chi connectivity index (χ1n) is 9.58. The first kappa shape index (κ1) is 16.1. The van der Waals surface area contributed by atoms with E-state index in [1.54, 1.807) is 0 Å². The van der Waals surface area contributed by atoms with Crippen molar-refractivity contribution < 1.29 is 0 Å². The maximum absolute atomic E-state index is 4.89. The van der Waals surface area contributed by atoms with Crippen LogP contribution in [0.25, 0.3) is 44.0 Å².